The molecule has 206 valence electrons. The van der Waals surface area contributed by atoms with Gasteiger partial charge in [-0.05, 0) is 67.9 Å². The van der Waals surface area contributed by atoms with Gasteiger partial charge in [-0.2, -0.15) is 13.2 Å². The Morgan fingerprint density at radius 3 is 2.39 bits per heavy atom. The molecule has 2 N–H and O–H groups in total. The lowest BCUT2D eigenvalue weighted by molar-refractivity contribution is -0.137. The molecule has 7 nitrogen and oxygen atoms in total. The number of carbonyl (C=O) groups excluding carboxylic acids is 2. The van der Waals surface area contributed by atoms with Crippen molar-refractivity contribution in [3.63, 3.8) is 0 Å². The summed E-state index contributed by atoms with van der Waals surface area (Å²) in [7, 11) is 0. The van der Waals surface area contributed by atoms with Crippen LogP contribution in [0.3, 0.4) is 0 Å². The van der Waals surface area contributed by atoms with E-state index >= 15 is 0 Å². The lowest BCUT2D eigenvalue weighted by atomic mass is 9.97. The molecule has 0 spiro atoms. The Kier molecular flexibility index (Phi) is 7.47. The number of rotatable bonds is 6. The fourth-order valence-electron chi connectivity index (χ4n) is 4.41. The van der Waals surface area contributed by atoms with Gasteiger partial charge in [0.15, 0.2) is 0 Å². The summed E-state index contributed by atoms with van der Waals surface area (Å²) < 4.78 is 39.0. The van der Waals surface area contributed by atoms with Gasteiger partial charge in [0.2, 0.25) is 0 Å². The first kappa shape index (κ1) is 27.4. The highest BCUT2D eigenvalue weighted by Gasteiger charge is 2.31. The number of alkyl halides is 3. The number of fused-ring (bicyclic) bond motifs is 1. The van der Waals surface area contributed by atoms with E-state index in [2.05, 4.69) is 25.6 Å². The second-order valence-electron chi connectivity index (χ2n) is 9.46. The van der Waals surface area contributed by atoms with Crippen molar-refractivity contribution in [2.45, 2.75) is 26.1 Å². The molecule has 0 aliphatic heterocycles. The van der Waals surface area contributed by atoms with Gasteiger partial charge in [0.1, 0.15) is 0 Å². The van der Waals surface area contributed by atoms with Gasteiger partial charge >= 0.3 is 6.18 Å². The maximum atomic E-state index is 13.3. The van der Waals surface area contributed by atoms with E-state index in [-0.39, 0.29) is 23.2 Å². The zero-order valence-corrected chi connectivity index (χ0v) is 22.0. The minimum Gasteiger partial charge on any atom is -0.344 e. The molecule has 3 heterocycles. The van der Waals surface area contributed by atoms with E-state index in [4.69, 9.17) is 0 Å². The molecule has 0 aliphatic carbocycles. The van der Waals surface area contributed by atoms with Gasteiger partial charge in [0.05, 0.1) is 34.1 Å². The predicted molar refractivity (Wildman–Crippen MR) is 149 cm³/mol. The van der Waals surface area contributed by atoms with Crippen LogP contribution in [0, 0.1) is 6.92 Å². The molecule has 0 radical (unpaired) electrons. The van der Waals surface area contributed by atoms with Gasteiger partial charge in [-0.15, -0.1) is 0 Å². The molecule has 2 amide bonds. The van der Waals surface area contributed by atoms with Crippen LogP contribution in [0.25, 0.3) is 22.2 Å². The monoisotopic (exact) mass is 555 g/mol. The van der Waals surface area contributed by atoms with Gasteiger partial charge in [-0.25, -0.2) is 0 Å². The Labute approximate surface area is 233 Å². The summed E-state index contributed by atoms with van der Waals surface area (Å²) in [4.78, 5) is 38.7. The third kappa shape index (κ3) is 6.06. The van der Waals surface area contributed by atoms with E-state index in [1.807, 2.05) is 19.1 Å². The average molecular weight is 556 g/mol. The average Bonchev–Trinajstić information content (AvgIpc) is 2.96. The van der Waals surface area contributed by atoms with Crippen molar-refractivity contribution in [3.8, 4) is 11.3 Å². The largest absolute Gasteiger partial charge is 0.417 e. The first-order valence-electron chi connectivity index (χ1n) is 12.7. The highest BCUT2D eigenvalue weighted by atomic mass is 19.4. The molecule has 5 rings (SSSR count). The summed E-state index contributed by atoms with van der Waals surface area (Å²) in [5.41, 5.74) is 2.92. The summed E-state index contributed by atoms with van der Waals surface area (Å²) >= 11 is 0. The van der Waals surface area contributed by atoms with Crippen molar-refractivity contribution in [1.82, 2.24) is 20.3 Å². The molecule has 0 fully saturated rings. The van der Waals surface area contributed by atoms with Gasteiger partial charge in [-0.3, -0.25) is 24.5 Å². The van der Waals surface area contributed by atoms with Gasteiger partial charge < -0.3 is 10.6 Å². The number of pyridine rings is 3. The van der Waals surface area contributed by atoms with E-state index in [0.717, 1.165) is 18.0 Å². The molecular formula is C31H24F3N5O2. The van der Waals surface area contributed by atoms with Crippen molar-refractivity contribution >= 4 is 28.4 Å². The minimum absolute atomic E-state index is 0.254. The molecule has 2 aromatic carbocycles. The Morgan fingerprint density at radius 2 is 1.68 bits per heavy atom. The van der Waals surface area contributed by atoms with E-state index in [1.165, 1.54) is 12.3 Å². The maximum Gasteiger partial charge on any atom is 0.417 e. The number of anilines is 1. The second kappa shape index (κ2) is 11.2. The predicted octanol–water partition coefficient (Wildman–Crippen LogP) is 6.76. The molecule has 1 atom stereocenters. The van der Waals surface area contributed by atoms with Crippen LogP contribution in [-0.4, -0.2) is 26.8 Å². The molecule has 0 saturated heterocycles. The molecule has 10 heteroatoms. The Hall–Kier alpha value is -5.12. The first-order chi connectivity index (χ1) is 19.6. The van der Waals surface area contributed by atoms with Crippen molar-refractivity contribution in [2.24, 2.45) is 0 Å². The van der Waals surface area contributed by atoms with Crippen LogP contribution < -0.4 is 10.6 Å². The zero-order valence-electron chi connectivity index (χ0n) is 22.0. The van der Waals surface area contributed by atoms with Crippen molar-refractivity contribution in [1.29, 1.82) is 0 Å². The number of benzene rings is 2. The molecule has 0 bridgehead atoms. The topological polar surface area (TPSA) is 96.9 Å². The van der Waals surface area contributed by atoms with Crippen LogP contribution in [0.4, 0.5) is 18.9 Å². The Bertz CT molecular complexity index is 1740. The number of halogens is 3. The number of aromatic nitrogens is 3. The summed E-state index contributed by atoms with van der Waals surface area (Å²) in [6.07, 6.45) is -0.628. The summed E-state index contributed by atoms with van der Waals surface area (Å²) in [6.45, 7) is 3.60. The van der Waals surface area contributed by atoms with Crippen LogP contribution >= 0.6 is 0 Å². The molecule has 0 aliphatic rings. The number of nitrogens with one attached hydrogen (secondary N) is 2. The van der Waals surface area contributed by atoms with Crippen LogP contribution in [0.15, 0.2) is 91.4 Å². The molecule has 5 aromatic rings. The van der Waals surface area contributed by atoms with Crippen molar-refractivity contribution < 1.29 is 22.8 Å². The molecule has 1 unspecified atom stereocenters. The second-order valence-corrected chi connectivity index (χ2v) is 9.46. The van der Waals surface area contributed by atoms with Gasteiger partial charge in [-0.1, -0.05) is 24.3 Å². The van der Waals surface area contributed by atoms with Crippen LogP contribution in [0.2, 0.25) is 0 Å². The molecule has 41 heavy (non-hydrogen) atoms. The number of hydrogen-bond acceptors (Lipinski definition) is 5. The molecule has 3 aromatic heterocycles. The first-order valence-corrected chi connectivity index (χ1v) is 12.7. The smallest absolute Gasteiger partial charge is 0.344 e. The number of nitrogens with zero attached hydrogens (tertiary/aromatic N) is 3. The normalized spacial score (nSPS) is 12.1. The minimum atomic E-state index is -4.51. The third-order valence-electron chi connectivity index (χ3n) is 6.55. The standard InChI is InChI=1S/C31H24F3N5O2/c1-18-6-5-7-24(28(18)26-12-10-22(17-37-26)31(32,33)34)30(41)39-23-11-9-20-14-21(16-36-27(20)15-23)29(40)38-19(2)25-8-3-4-13-35-25/h3-17,19H,1-2H3,(H,38,40)(H,39,41). The van der Waals surface area contributed by atoms with Gasteiger partial charge in [0.25, 0.3) is 11.8 Å². The number of amides is 2. The van der Waals surface area contributed by atoms with Crippen LogP contribution in [0.5, 0.6) is 0 Å². The fourth-order valence-corrected chi connectivity index (χ4v) is 4.41. The van der Waals surface area contributed by atoms with E-state index in [0.29, 0.717) is 33.3 Å². The number of hydrogen-bond donors (Lipinski definition) is 2. The highest BCUT2D eigenvalue weighted by molar-refractivity contribution is 6.09. The van der Waals surface area contributed by atoms with E-state index in [9.17, 15) is 22.8 Å². The Balaban J connectivity index is 1.35. The summed E-state index contributed by atoms with van der Waals surface area (Å²) in [5.74, 6) is -0.747. The fraction of sp³-hybridized carbons (Fsp3) is 0.129. The number of carbonyl (C=O) groups is 2. The quantitative estimate of drug-likeness (QED) is 0.241. The van der Waals surface area contributed by atoms with E-state index in [1.54, 1.807) is 61.7 Å². The molecule has 0 saturated carbocycles. The third-order valence-corrected chi connectivity index (χ3v) is 6.55. The van der Waals surface area contributed by atoms with Crippen LogP contribution in [-0.2, 0) is 6.18 Å². The SMILES string of the molecule is Cc1cccc(C(=O)Nc2ccc3cc(C(=O)NC(C)c4ccccn4)cnc3c2)c1-c1ccc(C(F)(F)F)cn1. The van der Waals surface area contributed by atoms with Gasteiger partial charge in [0, 0.05) is 40.8 Å². The summed E-state index contributed by atoms with van der Waals surface area (Å²) in [6, 6.07) is 19.3. The van der Waals surface area contributed by atoms with Crippen molar-refractivity contribution in [3.05, 3.63) is 119 Å². The van der Waals surface area contributed by atoms with Crippen LogP contribution in [0.1, 0.15) is 50.5 Å². The highest BCUT2D eigenvalue weighted by Crippen LogP contribution is 2.32. The molecular weight excluding hydrogens is 531 g/mol. The lowest BCUT2D eigenvalue weighted by Gasteiger charge is -2.14. The maximum absolute atomic E-state index is 13.3. The van der Waals surface area contributed by atoms with Crippen molar-refractivity contribution in [2.75, 3.05) is 5.32 Å². The zero-order chi connectivity index (χ0) is 29.1. The lowest BCUT2D eigenvalue weighted by Crippen LogP contribution is -2.27. The number of aryl methyl sites for hydroxylation is 1. The van der Waals surface area contributed by atoms with E-state index < -0.39 is 17.6 Å². The Morgan fingerprint density at radius 1 is 0.854 bits per heavy atom. The summed E-state index contributed by atoms with van der Waals surface area (Å²) in [5, 5.41) is 6.44.